The summed E-state index contributed by atoms with van der Waals surface area (Å²) < 4.78 is 69.6. The topological polar surface area (TPSA) is 105 Å². The number of halogens is 3. The van der Waals surface area contributed by atoms with Gasteiger partial charge in [0.25, 0.3) is 0 Å². The van der Waals surface area contributed by atoms with Crippen LogP contribution in [0.1, 0.15) is 24.5 Å². The summed E-state index contributed by atoms with van der Waals surface area (Å²) >= 11 is 0. The van der Waals surface area contributed by atoms with Crippen LogP contribution in [0, 0.1) is 0 Å². The van der Waals surface area contributed by atoms with Gasteiger partial charge in [0.2, 0.25) is 15.9 Å². The second-order valence-corrected chi connectivity index (χ2v) is 10.8. The van der Waals surface area contributed by atoms with Crippen LogP contribution >= 0.6 is 0 Å². The number of amides is 1. The molecular formula is C26H28F3N5O4S. The van der Waals surface area contributed by atoms with Crippen LogP contribution in [0.15, 0.2) is 72.0 Å². The molecule has 0 spiro atoms. The minimum atomic E-state index is -4.91. The molecule has 208 valence electrons. The Kier molecular flexibility index (Phi) is 8.70. The number of anilines is 1. The number of nitrogens with zero attached hydrogens (tertiary/aromatic N) is 4. The second-order valence-electron chi connectivity index (χ2n) is 8.94. The smallest absolute Gasteiger partial charge is 0.406 e. The molecule has 0 radical (unpaired) electrons. The minimum absolute atomic E-state index is 0.00840. The number of hydrogen-bond acceptors (Lipinski definition) is 7. The molecule has 2 aromatic carbocycles. The number of ether oxygens (including phenoxy) is 1. The van der Waals surface area contributed by atoms with E-state index in [-0.39, 0.29) is 31.1 Å². The molecule has 1 saturated heterocycles. The SMILES string of the molecule is CCCc1ccc(CNC(=O)[C@H]2CN(c3cnccn3)CCN2S(=O)(=O)c2ccc(OC(F)(F)F)cc2)cc1. The van der Waals surface area contributed by atoms with Gasteiger partial charge in [-0.05, 0) is 41.8 Å². The van der Waals surface area contributed by atoms with E-state index < -0.39 is 34.1 Å². The monoisotopic (exact) mass is 563 g/mol. The van der Waals surface area contributed by atoms with Gasteiger partial charge in [0.1, 0.15) is 17.6 Å². The summed E-state index contributed by atoms with van der Waals surface area (Å²) in [6, 6.07) is 10.6. The van der Waals surface area contributed by atoms with Gasteiger partial charge in [-0.25, -0.2) is 13.4 Å². The lowest BCUT2D eigenvalue weighted by molar-refractivity contribution is -0.274. The number of carbonyl (C=O) groups excluding carboxylic acids is 1. The molecule has 0 aliphatic carbocycles. The van der Waals surface area contributed by atoms with E-state index in [0.29, 0.717) is 5.82 Å². The third-order valence-electron chi connectivity index (χ3n) is 6.20. The van der Waals surface area contributed by atoms with Gasteiger partial charge in [-0.3, -0.25) is 9.78 Å². The first-order valence-electron chi connectivity index (χ1n) is 12.3. The molecule has 1 aromatic heterocycles. The third kappa shape index (κ3) is 7.24. The van der Waals surface area contributed by atoms with E-state index >= 15 is 0 Å². The van der Waals surface area contributed by atoms with Crippen molar-refractivity contribution in [1.82, 2.24) is 19.6 Å². The summed E-state index contributed by atoms with van der Waals surface area (Å²) in [5.74, 6) is -0.567. The summed E-state index contributed by atoms with van der Waals surface area (Å²) in [6.07, 6.45) is 1.59. The molecule has 9 nitrogen and oxygen atoms in total. The Hall–Kier alpha value is -3.71. The molecule has 1 amide bonds. The van der Waals surface area contributed by atoms with E-state index in [9.17, 15) is 26.4 Å². The van der Waals surface area contributed by atoms with Crippen molar-refractivity contribution in [2.24, 2.45) is 0 Å². The lowest BCUT2D eigenvalue weighted by Crippen LogP contribution is -2.60. The van der Waals surface area contributed by atoms with Crippen molar-refractivity contribution in [1.29, 1.82) is 0 Å². The Morgan fingerprint density at radius 3 is 2.36 bits per heavy atom. The largest absolute Gasteiger partial charge is 0.573 e. The highest BCUT2D eigenvalue weighted by atomic mass is 32.2. The standard InChI is InChI=1S/C26H28F3N5O4S/c1-2-3-19-4-6-20(7-5-19)16-32-25(35)23-18-33(24-17-30-12-13-31-24)14-15-34(23)39(36,37)22-10-8-21(9-11-22)38-26(27,28)29/h4-13,17,23H,2-3,14-16,18H2,1H3,(H,32,35)/t23-/m1/s1. The molecule has 4 rings (SSSR count). The molecule has 1 N–H and O–H groups in total. The van der Waals surface area contributed by atoms with Crippen molar-refractivity contribution in [2.75, 3.05) is 24.5 Å². The maximum absolute atomic E-state index is 13.6. The zero-order valence-corrected chi connectivity index (χ0v) is 22.0. The highest BCUT2D eigenvalue weighted by Gasteiger charge is 2.40. The number of alkyl halides is 3. The average molecular weight is 564 g/mol. The number of sulfonamides is 1. The van der Waals surface area contributed by atoms with Crippen LogP contribution in [0.25, 0.3) is 0 Å². The van der Waals surface area contributed by atoms with Crippen LogP contribution in [-0.4, -0.2) is 60.6 Å². The Bertz CT molecular complexity index is 1360. The molecule has 2 heterocycles. The van der Waals surface area contributed by atoms with E-state index in [1.165, 1.54) is 24.2 Å². The zero-order valence-electron chi connectivity index (χ0n) is 21.1. The summed E-state index contributed by atoms with van der Waals surface area (Å²) in [5.41, 5.74) is 2.04. The highest BCUT2D eigenvalue weighted by Crippen LogP contribution is 2.27. The number of rotatable bonds is 9. The number of carbonyl (C=O) groups is 1. The number of benzene rings is 2. The lowest BCUT2D eigenvalue weighted by Gasteiger charge is -2.40. The first kappa shape index (κ1) is 28.3. The van der Waals surface area contributed by atoms with Crippen molar-refractivity contribution >= 4 is 21.7 Å². The molecule has 1 aliphatic heterocycles. The molecule has 0 unspecified atom stereocenters. The fraction of sp³-hybridized carbons (Fsp3) is 0.346. The molecule has 1 aliphatic rings. The molecule has 13 heteroatoms. The van der Waals surface area contributed by atoms with E-state index in [0.717, 1.165) is 47.0 Å². The quantitative estimate of drug-likeness (QED) is 0.425. The van der Waals surface area contributed by atoms with Gasteiger partial charge < -0.3 is 15.0 Å². The van der Waals surface area contributed by atoms with Crippen LogP contribution in [-0.2, 0) is 27.8 Å². The lowest BCUT2D eigenvalue weighted by atomic mass is 10.1. The fourth-order valence-corrected chi connectivity index (χ4v) is 5.87. The number of nitrogens with one attached hydrogen (secondary N) is 1. The van der Waals surface area contributed by atoms with Crippen LogP contribution in [0.3, 0.4) is 0 Å². The third-order valence-corrected chi connectivity index (χ3v) is 8.12. The average Bonchev–Trinajstić information content (AvgIpc) is 2.92. The predicted molar refractivity (Wildman–Crippen MR) is 137 cm³/mol. The molecule has 0 saturated carbocycles. The van der Waals surface area contributed by atoms with Gasteiger partial charge in [0, 0.05) is 38.6 Å². The fourth-order valence-electron chi connectivity index (χ4n) is 4.30. The van der Waals surface area contributed by atoms with Gasteiger partial charge in [-0.1, -0.05) is 37.6 Å². The maximum Gasteiger partial charge on any atom is 0.573 e. The number of piperazine rings is 1. The molecule has 0 bridgehead atoms. The second kappa shape index (κ2) is 12.0. The minimum Gasteiger partial charge on any atom is -0.406 e. The van der Waals surface area contributed by atoms with E-state index in [1.807, 2.05) is 24.3 Å². The van der Waals surface area contributed by atoms with E-state index in [2.05, 4.69) is 26.9 Å². The van der Waals surface area contributed by atoms with Crippen molar-refractivity contribution in [3.63, 3.8) is 0 Å². The zero-order chi connectivity index (χ0) is 28.0. The normalized spacial score (nSPS) is 16.6. The van der Waals surface area contributed by atoms with Crippen LogP contribution in [0.4, 0.5) is 19.0 Å². The van der Waals surface area contributed by atoms with Crippen molar-refractivity contribution in [2.45, 2.75) is 43.6 Å². The first-order chi connectivity index (χ1) is 18.6. The van der Waals surface area contributed by atoms with Crippen molar-refractivity contribution < 1.29 is 31.1 Å². The Morgan fingerprint density at radius 1 is 1.05 bits per heavy atom. The van der Waals surface area contributed by atoms with Crippen LogP contribution < -0.4 is 15.0 Å². The van der Waals surface area contributed by atoms with Gasteiger partial charge >= 0.3 is 6.36 Å². The van der Waals surface area contributed by atoms with Crippen molar-refractivity contribution in [3.8, 4) is 5.75 Å². The Labute approximate surface area is 224 Å². The Balaban J connectivity index is 1.55. The van der Waals surface area contributed by atoms with Gasteiger partial charge in [-0.2, -0.15) is 4.31 Å². The highest BCUT2D eigenvalue weighted by molar-refractivity contribution is 7.89. The summed E-state index contributed by atoms with van der Waals surface area (Å²) in [5, 5.41) is 2.83. The van der Waals surface area contributed by atoms with Gasteiger partial charge in [0.15, 0.2) is 0 Å². The van der Waals surface area contributed by atoms with E-state index in [1.54, 1.807) is 4.90 Å². The van der Waals surface area contributed by atoms with Gasteiger partial charge in [-0.15, -0.1) is 13.2 Å². The molecular weight excluding hydrogens is 535 g/mol. The molecule has 1 atom stereocenters. The predicted octanol–water partition coefficient (Wildman–Crippen LogP) is 3.52. The van der Waals surface area contributed by atoms with Crippen LogP contribution in [0.2, 0.25) is 0 Å². The summed E-state index contributed by atoms with van der Waals surface area (Å²) in [4.78, 5) is 23.2. The maximum atomic E-state index is 13.6. The van der Waals surface area contributed by atoms with E-state index in [4.69, 9.17) is 0 Å². The van der Waals surface area contributed by atoms with Crippen LogP contribution in [0.5, 0.6) is 5.75 Å². The van der Waals surface area contributed by atoms with Crippen molar-refractivity contribution in [3.05, 3.63) is 78.2 Å². The molecule has 3 aromatic rings. The molecule has 39 heavy (non-hydrogen) atoms. The summed E-state index contributed by atoms with van der Waals surface area (Å²) in [6.45, 7) is 2.48. The summed E-state index contributed by atoms with van der Waals surface area (Å²) in [7, 11) is -4.24. The first-order valence-corrected chi connectivity index (χ1v) is 13.7. The Morgan fingerprint density at radius 2 is 1.74 bits per heavy atom. The molecule has 1 fully saturated rings. The number of hydrogen-bond donors (Lipinski definition) is 1. The number of aromatic nitrogens is 2. The number of aryl methyl sites for hydroxylation is 1. The van der Waals surface area contributed by atoms with Gasteiger partial charge in [0.05, 0.1) is 11.1 Å².